The van der Waals surface area contributed by atoms with E-state index in [1.807, 2.05) is 0 Å². The maximum Gasteiger partial charge on any atom is 0.00915 e. The summed E-state index contributed by atoms with van der Waals surface area (Å²) in [6.45, 7) is 27.2. The number of nitrogens with zero attached hydrogens (tertiary/aromatic N) is 2. The van der Waals surface area contributed by atoms with Gasteiger partial charge in [0.15, 0.2) is 0 Å². The van der Waals surface area contributed by atoms with Crippen molar-refractivity contribution in [3.63, 3.8) is 0 Å². The highest BCUT2D eigenvalue weighted by atomic mass is 15.1. The third-order valence-corrected chi connectivity index (χ3v) is 7.19. The van der Waals surface area contributed by atoms with Crippen LogP contribution in [0, 0.1) is 23.7 Å². The molecule has 0 unspecified atom stereocenters. The van der Waals surface area contributed by atoms with Gasteiger partial charge in [0.05, 0.1) is 0 Å². The van der Waals surface area contributed by atoms with Crippen LogP contribution in [-0.2, 0) is 0 Å². The van der Waals surface area contributed by atoms with Crippen molar-refractivity contribution in [1.29, 1.82) is 0 Å². The number of hydrogen-bond acceptors (Lipinski definition) is 5. The largest absolute Gasteiger partial charge is 0.317 e. The van der Waals surface area contributed by atoms with E-state index in [4.69, 9.17) is 0 Å². The number of rotatable bonds is 8. The smallest absolute Gasteiger partial charge is 0.00915 e. The van der Waals surface area contributed by atoms with Crippen LogP contribution in [0.2, 0.25) is 0 Å². The highest BCUT2D eigenvalue weighted by molar-refractivity contribution is 4.76. The van der Waals surface area contributed by atoms with Gasteiger partial charge in [0.2, 0.25) is 0 Å². The van der Waals surface area contributed by atoms with E-state index < -0.39 is 0 Å². The van der Waals surface area contributed by atoms with Gasteiger partial charge in [-0.2, -0.15) is 0 Å². The lowest BCUT2D eigenvalue weighted by Crippen LogP contribution is -2.41. The zero-order valence-corrected chi connectivity index (χ0v) is 24.5. The van der Waals surface area contributed by atoms with Gasteiger partial charge < -0.3 is 25.8 Å². The molecule has 0 atom stereocenters. The lowest BCUT2D eigenvalue weighted by molar-refractivity contribution is 0.175. The summed E-state index contributed by atoms with van der Waals surface area (Å²) in [5.74, 6) is 3.37. The molecule has 3 saturated heterocycles. The molecule has 0 bridgehead atoms. The normalized spacial score (nSPS) is 22.0. The van der Waals surface area contributed by atoms with Crippen LogP contribution in [0.15, 0.2) is 0 Å². The Kier molecular flexibility index (Phi) is 17.8. The van der Waals surface area contributed by atoms with Crippen LogP contribution in [0.3, 0.4) is 0 Å². The first-order valence-electron chi connectivity index (χ1n) is 14.7. The molecule has 0 radical (unpaired) electrons. The van der Waals surface area contributed by atoms with Gasteiger partial charge in [-0.05, 0) is 122 Å². The van der Waals surface area contributed by atoms with Crippen LogP contribution in [0.5, 0.6) is 0 Å². The van der Waals surface area contributed by atoms with E-state index in [-0.39, 0.29) is 0 Å². The van der Waals surface area contributed by atoms with Gasteiger partial charge in [0.25, 0.3) is 0 Å². The minimum absolute atomic E-state index is 0.777. The van der Waals surface area contributed by atoms with Gasteiger partial charge in [0, 0.05) is 18.6 Å². The molecule has 0 aliphatic carbocycles. The van der Waals surface area contributed by atoms with Crippen LogP contribution in [0.25, 0.3) is 0 Å². The molecular weight excluding hydrogens is 418 g/mol. The van der Waals surface area contributed by atoms with Crippen molar-refractivity contribution < 1.29 is 0 Å². The SMILES string of the molecule is CC(C)CN1CCC(C)CC1.CC(C)CNC1CCN(C)CC1.CC(C)CNC1CCNCC1. The fraction of sp³-hybridized carbons (Fsp3) is 1.00. The van der Waals surface area contributed by atoms with E-state index >= 15 is 0 Å². The van der Waals surface area contributed by atoms with E-state index in [2.05, 4.69) is 81.3 Å². The maximum atomic E-state index is 3.61. The predicted molar refractivity (Wildman–Crippen MR) is 152 cm³/mol. The van der Waals surface area contributed by atoms with Gasteiger partial charge in [-0.1, -0.05) is 48.5 Å². The Labute approximate surface area is 214 Å². The van der Waals surface area contributed by atoms with Crippen molar-refractivity contribution in [2.45, 2.75) is 99.1 Å². The molecule has 5 heteroatoms. The van der Waals surface area contributed by atoms with Crippen molar-refractivity contribution in [3.8, 4) is 0 Å². The molecule has 3 N–H and O–H groups in total. The molecule has 0 aromatic rings. The van der Waals surface area contributed by atoms with Crippen molar-refractivity contribution in [2.24, 2.45) is 23.7 Å². The van der Waals surface area contributed by atoms with E-state index in [9.17, 15) is 0 Å². The van der Waals surface area contributed by atoms with Crippen molar-refractivity contribution in [3.05, 3.63) is 0 Å². The Morgan fingerprint density at radius 1 is 0.676 bits per heavy atom. The first-order valence-corrected chi connectivity index (χ1v) is 14.7. The Morgan fingerprint density at radius 2 is 1.15 bits per heavy atom. The van der Waals surface area contributed by atoms with Gasteiger partial charge in [-0.25, -0.2) is 0 Å². The number of nitrogens with one attached hydrogen (secondary N) is 3. The van der Waals surface area contributed by atoms with Gasteiger partial charge in [-0.15, -0.1) is 0 Å². The van der Waals surface area contributed by atoms with E-state index in [1.165, 1.54) is 97.4 Å². The number of likely N-dealkylation sites (tertiary alicyclic amines) is 2. The lowest BCUT2D eigenvalue weighted by Gasteiger charge is -2.31. The summed E-state index contributed by atoms with van der Waals surface area (Å²) in [4.78, 5) is 5.01. The van der Waals surface area contributed by atoms with Crippen LogP contribution >= 0.6 is 0 Å². The predicted octanol–water partition coefficient (Wildman–Crippen LogP) is 4.68. The third-order valence-electron chi connectivity index (χ3n) is 7.19. The molecule has 0 aromatic heterocycles. The summed E-state index contributed by atoms with van der Waals surface area (Å²) in [5.41, 5.74) is 0. The van der Waals surface area contributed by atoms with Crippen LogP contribution < -0.4 is 16.0 Å². The molecule has 0 spiro atoms. The Hall–Kier alpha value is -0.200. The first-order chi connectivity index (χ1) is 16.2. The average Bonchev–Trinajstić information content (AvgIpc) is 2.80. The molecule has 3 rings (SSSR count). The molecule has 204 valence electrons. The van der Waals surface area contributed by atoms with Crippen LogP contribution in [0.1, 0.15) is 87.0 Å². The molecule has 3 aliphatic heterocycles. The first kappa shape index (κ1) is 31.8. The molecule has 34 heavy (non-hydrogen) atoms. The molecule has 5 nitrogen and oxygen atoms in total. The zero-order valence-electron chi connectivity index (χ0n) is 24.5. The minimum Gasteiger partial charge on any atom is -0.317 e. The molecule has 3 fully saturated rings. The Bertz CT molecular complexity index is 445. The average molecular weight is 482 g/mol. The van der Waals surface area contributed by atoms with Crippen molar-refractivity contribution in [1.82, 2.24) is 25.8 Å². The number of hydrogen-bond donors (Lipinski definition) is 3. The van der Waals surface area contributed by atoms with Gasteiger partial charge in [-0.3, -0.25) is 0 Å². The Balaban J connectivity index is 0.000000255. The van der Waals surface area contributed by atoms with Crippen LogP contribution in [0.4, 0.5) is 0 Å². The second kappa shape index (κ2) is 19.0. The van der Waals surface area contributed by atoms with Crippen molar-refractivity contribution >= 4 is 0 Å². The molecular formula is C29H63N5. The summed E-state index contributed by atoms with van der Waals surface area (Å²) in [6.07, 6.45) is 8.06. The third kappa shape index (κ3) is 17.3. The molecule has 3 heterocycles. The molecule has 0 saturated carbocycles. The van der Waals surface area contributed by atoms with E-state index in [0.29, 0.717) is 0 Å². The quantitative estimate of drug-likeness (QED) is 0.469. The second-order valence-corrected chi connectivity index (χ2v) is 12.6. The molecule has 0 aromatic carbocycles. The summed E-state index contributed by atoms with van der Waals surface area (Å²) in [6, 6.07) is 1.56. The molecule has 0 amide bonds. The zero-order chi connectivity index (χ0) is 25.3. The summed E-state index contributed by atoms with van der Waals surface area (Å²) < 4.78 is 0. The van der Waals surface area contributed by atoms with E-state index in [1.54, 1.807) is 0 Å². The lowest BCUT2D eigenvalue weighted by atomic mass is 9.98. The second-order valence-electron chi connectivity index (χ2n) is 12.6. The standard InChI is InChI=1S/C10H22N2.C10H21N.C9H20N2/c1-9(2)8-11-10-4-6-12(3)7-5-10;1-9(2)8-11-6-4-10(3)5-7-11;1-8(2)7-11-9-3-5-10-6-4-9/h9-11H,4-8H2,1-3H3;9-10H,4-8H2,1-3H3;8-11H,3-7H2,1-2H3. The van der Waals surface area contributed by atoms with Gasteiger partial charge in [0.1, 0.15) is 0 Å². The summed E-state index contributed by atoms with van der Waals surface area (Å²) >= 11 is 0. The van der Waals surface area contributed by atoms with Crippen LogP contribution in [-0.4, -0.2) is 87.8 Å². The minimum atomic E-state index is 0.777. The van der Waals surface area contributed by atoms with E-state index in [0.717, 1.165) is 35.8 Å². The highest BCUT2D eigenvalue weighted by Crippen LogP contribution is 2.16. The fourth-order valence-corrected chi connectivity index (χ4v) is 4.80. The summed E-state index contributed by atoms with van der Waals surface area (Å²) in [7, 11) is 2.21. The highest BCUT2D eigenvalue weighted by Gasteiger charge is 2.16. The van der Waals surface area contributed by atoms with Crippen molar-refractivity contribution in [2.75, 3.05) is 66.0 Å². The summed E-state index contributed by atoms with van der Waals surface area (Å²) in [5, 5.41) is 10.6. The monoisotopic (exact) mass is 482 g/mol. The number of piperidine rings is 3. The topological polar surface area (TPSA) is 42.6 Å². The molecule has 3 aliphatic rings. The van der Waals surface area contributed by atoms with Gasteiger partial charge >= 0.3 is 0 Å². The Morgan fingerprint density at radius 3 is 1.59 bits per heavy atom. The fourth-order valence-electron chi connectivity index (χ4n) is 4.80. The maximum absolute atomic E-state index is 3.61.